The first kappa shape index (κ1) is 21.8. The predicted molar refractivity (Wildman–Crippen MR) is 120 cm³/mol. The molecule has 1 N–H and O–H groups in total. The number of hydrogen-bond donors (Lipinski definition) is 1. The molecule has 0 bridgehead atoms. The van der Waals surface area contributed by atoms with Crippen molar-refractivity contribution >= 4 is 35.0 Å². The van der Waals surface area contributed by atoms with Crippen LogP contribution in [0.1, 0.15) is 17.2 Å². The number of ether oxygens (including phenoxy) is 1. The van der Waals surface area contributed by atoms with Gasteiger partial charge in [-0.3, -0.25) is 9.59 Å². The number of methoxy groups -OCH3 is 1. The molecule has 0 saturated heterocycles. The van der Waals surface area contributed by atoms with Gasteiger partial charge in [0.1, 0.15) is 23.9 Å². The molecule has 1 atom stereocenters. The number of carbonyl (C=O) groups excluding carboxylic acids is 2. The zero-order valence-electron chi connectivity index (χ0n) is 17.2. The van der Waals surface area contributed by atoms with Crippen LogP contribution in [0.25, 0.3) is 0 Å². The molecule has 1 aliphatic heterocycles. The number of nitrogens with zero attached hydrogens (tertiary/aromatic N) is 1. The Labute approximate surface area is 188 Å². The van der Waals surface area contributed by atoms with Gasteiger partial charge in [-0.25, -0.2) is 8.78 Å². The Bertz CT molecular complexity index is 1150. The Morgan fingerprint density at radius 3 is 2.59 bits per heavy atom. The third kappa shape index (κ3) is 4.75. The number of amides is 2. The molecule has 32 heavy (non-hydrogen) atoms. The van der Waals surface area contributed by atoms with Crippen LogP contribution in [0, 0.1) is 11.6 Å². The number of carbonyl (C=O) groups is 2. The third-order valence-corrected chi connectivity index (χ3v) is 6.40. The van der Waals surface area contributed by atoms with Crippen molar-refractivity contribution in [3.05, 3.63) is 83.9 Å². The van der Waals surface area contributed by atoms with Crippen LogP contribution in [-0.2, 0) is 9.59 Å². The molecule has 4 rings (SSSR count). The highest BCUT2D eigenvalue weighted by Gasteiger charge is 2.30. The number of benzene rings is 3. The van der Waals surface area contributed by atoms with Crippen LogP contribution in [0.15, 0.2) is 71.6 Å². The maximum atomic E-state index is 13.9. The van der Waals surface area contributed by atoms with Crippen LogP contribution in [0.4, 0.5) is 20.2 Å². The van der Waals surface area contributed by atoms with E-state index in [0.717, 1.165) is 28.3 Å². The first-order chi connectivity index (χ1) is 15.4. The lowest BCUT2D eigenvalue weighted by atomic mass is 10.1. The average Bonchev–Trinajstić information content (AvgIpc) is 2.92. The number of hydrogen-bond acceptors (Lipinski definition) is 4. The third-order valence-electron chi connectivity index (χ3n) is 5.08. The van der Waals surface area contributed by atoms with Crippen molar-refractivity contribution in [2.75, 3.05) is 23.9 Å². The zero-order valence-corrected chi connectivity index (χ0v) is 18.0. The van der Waals surface area contributed by atoms with Gasteiger partial charge < -0.3 is 15.0 Å². The maximum Gasteiger partial charge on any atom is 0.244 e. The smallest absolute Gasteiger partial charge is 0.244 e. The van der Waals surface area contributed by atoms with Gasteiger partial charge in [-0.15, -0.1) is 11.8 Å². The topological polar surface area (TPSA) is 58.6 Å². The summed E-state index contributed by atoms with van der Waals surface area (Å²) in [6, 6.07) is 17.8. The summed E-state index contributed by atoms with van der Waals surface area (Å²) in [6.07, 6.45) is 0.184. The molecule has 2 amide bonds. The number of nitrogens with one attached hydrogen (secondary N) is 1. The van der Waals surface area contributed by atoms with E-state index in [1.807, 2.05) is 36.4 Å². The van der Waals surface area contributed by atoms with Gasteiger partial charge in [0.2, 0.25) is 11.8 Å². The minimum absolute atomic E-state index is 0.141. The highest BCUT2D eigenvalue weighted by molar-refractivity contribution is 7.99. The van der Waals surface area contributed by atoms with E-state index in [2.05, 4.69) is 5.32 Å². The molecule has 0 unspecified atom stereocenters. The summed E-state index contributed by atoms with van der Waals surface area (Å²) in [5, 5.41) is 2.28. The monoisotopic (exact) mass is 454 g/mol. The van der Waals surface area contributed by atoms with Crippen molar-refractivity contribution in [3.63, 3.8) is 0 Å². The van der Waals surface area contributed by atoms with E-state index in [4.69, 9.17) is 4.74 Å². The van der Waals surface area contributed by atoms with E-state index in [9.17, 15) is 18.4 Å². The molecule has 3 aromatic carbocycles. The van der Waals surface area contributed by atoms with Crippen LogP contribution in [0.2, 0.25) is 0 Å². The fourth-order valence-corrected chi connectivity index (χ4v) is 4.76. The van der Waals surface area contributed by atoms with Crippen molar-refractivity contribution < 1.29 is 23.1 Å². The summed E-state index contributed by atoms with van der Waals surface area (Å²) >= 11 is 1.55. The Kier molecular flexibility index (Phi) is 6.41. The highest BCUT2D eigenvalue weighted by atomic mass is 32.2. The van der Waals surface area contributed by atoms with Crippen molar-refractivity contribution in [3.8, 4) is 5.75 Å². The summed E-state index contributed by atoms with van der Waals surface area (Å²) in [5.74, 6) is -1.69. The summed E-state index contributed by atoms with van der Waals surface area (Å²) in [6.45, 7) is -0.289. The van der Waals surface area contributed by atoms with Gasteiger partial charge >= 0.3 is 0 Å². The van der Waals surface area contributed by atoms with Gasteiger partial charge in [-0.2, -0.15) is 0 Å². The molecule has 164 valence electrons. The second-order valence-electron chi connectivity index (χ2n) is 7.20. The fourth-order valence-electron chi connectivity index (χ4n) is 3.48. The molecular weight excluding hydrogens is 434 g/mol. The quantitative estimate of drug-likeness (QED) is 0.577. The Morgan fingerprint density at radius 2 is 1.88 bits per heavy atom. The molecule has 0 aliphatic carbocycles. The Balaban J connectivity index is 1.57. The summed E-state index contributed by atoms with van der Waals surface area (Å²) in [5.41, 5.74) is 1.45. The molecule has 0 aromatic heterocycles. The number of rotatable bonds is 5. The molecule has 3 aromatic rings. The lowest BCUT2D eigenvalue weighted by Gasteiger charge is -2.22. The van der Waals surface area contributed by atoms with E-state index in [1.54, 1.807) is 31.0 Å². The van der Waals surface area contributed by atoms with Gasteiger partial charge in [0.25, 0.3) is 0 Å². The number of anilines is 2. The second kappa shape index (κ2) is 9.40. The summed E-state index contributed by atoms with van der Waals surface area (Å²) in [4.78, 5) is 28.1. The minimum Gasteiger partial charge on any atom is -0.497 e. The van der Waals surface area contributed by atoms with Gasteiger partial charge in [-0.05, 0) is 42.0 Å². The van der Waals surface area contributed by atoms with Crippen LogP contribution in [0.3, 0.4) is 0 Å². The lowest BCUT2D eigenvalue weighted by molar-refractivity contribution is -0.121. The van der Waals surface area contributed by atoms with Crippen molar-refractivity contribution in [1.29, 1.82) is 0 Å². The van der Waals surface area contributed by atoms with Gasteiger partial charge in [-0.1, -0.05) is 24.3 Å². The minimum atomic E-state index is -0.879. The standard InChI is InChI=1S/C24H20F2N2O3S/c1-31-17-9-6-15(7-10-17)22-13-24(30)28(20-4-2-3-5-21(20)32-22)14-23(29)27-19-11-8-16(25)12-18(19)26/h2-12,22H,13-14H2,1H3,(H,27,29)/t22-/m0/s1. The largest absolute Gasteiger partial charge is 0.497 e. The van der Waals surface area contributed by atoms with E-state index < -0.39 is 17.5 Å². The molecule has 0 spiro atoms. The molecule has 0 saturated carbocycles. The van der Waals surface area contributed by atoms with Crippen LogP contribution < -0.4 is 15.0 Å². The van der Waals surface area contributed by atoms with Crippen LogP contribution in [-0.4, -0.2) is 25.5 Å². The summed E-state index contributed by atoms with van der Waals surface area (Å²) in [7, 11) is 1.59. The van der Waals surface area contributed by atoms with E-state index in [1.165, 1.54) is 4.90 Å². The molecule has 0 radical (unpaired) electrons. The second-order valence-corrected chi connectivity index (χ2v) is 8.45. The maximum absolute atomic E-state index is 13.9. The van der Waals surface area contributed by atoms with Crippen LogP contribution in [0.5, 0.6) is 5.75 Å². The first-order valence-electron chi connectivity index (χ1n) is 9.89. The molecule has 1 aliphatic rings. The van der Waals surface area contributed by atoms with E-state index in [-0.39, 0.29) is 29.8 Å². The molecular formula is C24H20F2N2O3S. The van der Waals surface area contributed by atoms with Crippen molar-refractivity contribution in [2.24, 2.45) is 0 Å². The van der Waals surface area contributed by atoms with Crippen molar-refractivity contribution in [1.82, 2.24) is 0 Å². The molecule has 0 fully saturated rings. The zero-order chi connectivity index (χ0) is 22.7. The first-order valence-corrected chi connectivity index (χ1v) is 10.8. The molecule has 5 nitrogen and oxygen atoms in total. The summed E-state index contributed by atoms with van der Waals surface area (Å²) < 4.78 is 32.2. The normalized spacial score (nSPS) is 15.7. The number of para-hydroxylation sites is 1. The van der Waals surface area contributed by atoms with E-state index in [0.29, 0.717) is 11.8 Å². The number of thioether (sulfide) groups is 1. The van der Waals surface area contributed by atoms with Gasteiger partial charge in [0, 0.05) is 22.6 Å². The SMILES string of the molecule is COc1ccc([C@@H]2CC(=O)N(CC(=O)Nc3ccc(F)cc3F)c3ccccc3S2)cc1. The van der Waals surface area contributed by atoms with Gasteiger partial charge in [0.15, 0.2) is 0 Å². The fraction of sp³-hybridized carbons (Fsp3) is 0.167. The predicted octanol–water partition coefficient (Wildman–Crippen LogP) is 5.18. The molecule has 8 heteroatoms. The Morgan fingerprint density at radius 1 is 1.12 bits per heavy atom. The van der Waals surface area contributed by atoms with Crippen molar-refractivity contribution in [2.45, 2.75) is 16.6 Å². The molecule has 1 heterocycles. The van der Waals surface area contributed by atoms with Gasteiger partial charge in [0.05, 0.1) is 18.5 Å². The average molecular weight is 454 g/mol. The van der Waals surface area contributed by atoms with E-state index >= 15 is 0 Å². The number of halogens is 2. The Hall–Kier alpha value is -3.39. The number of fused-ring (bicyclic) bond motifs is 1. The lowest BCUT2D eigenvalue weighted by Crippen LogP contribution is -2.38. The highest BCUT2D eigenvalue weighted by Crippen LogP contribution is 2.45. The van der Waals surface area contributed by atoms with Crippen LogP contribution >= 0.6 is 11.8 Å².